The fourth-order valence-corrected chi connectivity index (χ4v) is 3.25. The van der Waals surface area contributed by atoms with Crippen molar-refractivity contribution >= 4 is 40.6 Å². The van der Waals surface area contributed by atoms with Gasteiger partial charge < -0.3 is 14.6 Å². The van der Waals surface area contributed by atoms with Crippen LogP contribution >= 0.6 is 23.8 Å². The van der Waals surface area contributed by atoms with Gasteiger partial charge in [-0.2, -0.15) is 0 Å². The van der Waals surface area contributed by atoms with E-state index in [4.69, 9.17) is 28.6 Å². The lowest BCUT2D eigenvalue weighted by Crippen LogP contribution is -2.26. The standard InChI is InChI=1S/C19H18ClN3O3S/c1-22(10-12-8-13(20)5-7-16(12)26-3)17(24)11-4-6-14-15(9-11)21-19(27)23(2)18(14)25/h4-9H,10H2,1-3H3,(H,21,27). The molecule has 0 saturated heterocycles. The van der Waals surface area contributed by atoms with Crippen molar-refractivity contribution < 1.29 is 9.53 Å². The lowest BCUT2D eigenvalue weighted by Gasteiger charge is -2.19. The second-order valence-corrected chi connectivity index (χ2v) is 7.00. The number of halogens is 1. The van der Waals surface area contributed by atoms with Gasteiger partial charge in [-0.15, -0.1) is 0 Å². The van der Waals surface area contributed by atoms with Crippen LogP contribution in [-0.2, 0) is 13.6 Å². The number of ether oxygens (including phenoxy) is 1. The van der Waals surface area contributed by atoms with E-state index < -0.39 is 0 Å². The summed E-state index contributed by atoms with van der Waals surface area (Å²) in [4.78, 5) is 29.6. The number of carbonyl (C=O) groups excluding carboxylic acids is 1. The Morgan fingerprint density at radius 3 is 2.74 bits per heavy atom. The predicted molar refractivity (Wildman–Crippen MR) is 108 cm³/mol. The third-order valence-corrected chi connectivity index (χ3v) is 4.96. The zero-order chi connectivity index (χ0) is 19.7. The van der Waals surface area contributed by atoms with Gasteiger partial charge in [0.25, 0.3) is 11.5 Å². The number of fused-ring (bicyclic) bond motifs is 1. The normalized spacial score (nSPS) is 10.8. The van der Waals surface area contributed by atoms with Crippen LogP contribution in [0.25, 0.3) is 10.9 Å². The van der Waals surface area contributed by atoms with Gasteiger partial charge in [0.15, 0.2) is 4.77 Å². The number of aromatic amines is 1. The highest BCUT2D eigenvalue weighted by Crippen LogP contribution is 2.24. The molecule has 1 heterocycles. The number of hydrogen-bond donors (Lipinski definition) is 1. The van der Waals surface area contributed by atoms with Crippen LogP contribution in [0.3, 0.4) is 0 Å². The van der Waals surface area contributed by atoms with Crippen LogP contribution in [0.15, 0.2) is 41.2 Å². The number of nitrogens with zero attached hydrogens (tertiary/aromatic N) is 2. The highest BCUT2D eigenvalue weighted by atomic mass is 35.5. The molecule has 27 heavy (non-hydrogen) atoms. The minimum absolute atomic E-state index is 0.195. The summed E-state index contributed by atoms with van der Waals surface area (Å²) >= 11 is 11.2. The molecule has 0 bridgehead atoms. The number of benzene rings is 2. The highest BCUT2D eigenvalue weighted by molar-refractivity contribution is 7.71. The number of rotatable bonds is 4. The van der Waals surface area contributed by atoms with Crippen molar-refractivity contribution in [3.05, 3.63) is 67.7 Å². The minimum Gasteiger partial charge on any atom is -0.496 e. The van der Waals surface area contributed by atoms with Crippen LogP contribution in [0.5, 0.6) is 5.75 Å². The van der Waals surface area contributed by atoms with E-state index in [0.717, 1.165) is 5.56 Å². The number of methoxy groups -OCH3 is 1. The van der Waals surface area contributed by atoms with Gasteiger partial charge in [0, 0.05) is 36.8 Å². The van der Waals surface area contributed by atoms with Crippen LogP contribution in [0.2, 0.25) is 5.02 Å². The second kappa shape index (κ2) is 7.54. The van der Waals surface area contributed by atoms with Gasteiger partial charge in [0.1, 0.15) is 5.75 Å². The van der Waals surface area contributed by atoms with E-state index in [1.165, 1.54) is 4.57 Å². The van der Waals surface area contributed by atoms with E-state index in [0.29, 0.717) is 38.6 Å². The number of carbonyl (C=O) groups is 1. The summed E-state index contributed by atoms with van der Waals surface area (Å²) in [6, 6.07) is 10.2. The predicted octanol–water partition coefficient (Wildman–Crippen LogP) is 3.53. The van der Waals surface area contributed by atoms with Crippen molar-refractivity contribution in [2.24, 2.45) is 7.05 Å². The zero-order valence-corrected chi connectivity index (χ0v) is 16.6. The summed E-state index contributed by atoms with van der Waals surface area (Å²) in [6.45, 7) is 0.327. The summed E-state index contributed by atoms with van der Waals surface area (Å²) in [7, 11) is 4.87. The largest absolute Gasteiger partial charge is 0.496 e. The Morgan fingerprint density at radius 2 is 2.04 bits per heavy atom. The fourth-order valence-electron chi connectivity index (χ4n) is 2.86. The third-order valence-electron chi connectivity index (χ3n) is 4.34. The first-order chi connectivity index (χ1) is 12.8. The van der Waals surface area contributed by atoms with Crippen molar-refractivity contribution in [3.63, 3.8) is 0 Å². The van der Waals surface area contributed by atoms with Crippen molar-refractivity contribution in [2.45, 2.75) is 6.54 Å². The third kappa shape index (κ3) is 3.74. The molecule has 0 aliphatic rings. The molecule has 0 fully saturated rings. The van der Waals surface area contributed by atoms with Crippen LogP contribution in [0, 0.1) is 4.77 Å². The monoisotopic (exact) mass is 403 g/mol. The first-order valence-corrected chi connectivity index (χ1v) is 8.91. The molecular weight excluding hydrogens is 386 g/mol. The average Bonchev–Trinajstić information content (AvgIpc) is 2.65. The molecular formula is C19H18ClN3O3S. The van der Waals surface area contributed by atoms with E-state index >= 15 is 0 Å². The van der Waals surface area contributed by atoms with E-state index in [2.05, 4.69) is 4.98 Å². The average molecular weight is 404 g/mol. The van der Waals surface area contributed by atoms with Gasteiger partial charge in [0.05, 0.1) is 18.0 Å². The number of H-pyrrole nitrogens is 1. The molecule has 0 saturated carbocycles. The molecule has 0 unspecified atom stereocenters. The number of amides is 1. The van der Waals surface area contributed by atoms with Gasteiger partial charge in [0.2, 0.25) is 0 Å². The maximum absolute atomic E-state index is 12.8. The molecule has 0 atom stereocenters. The van der Waals surface area contributed by atoms with Crippen molar-refractivity contribution in [1.29, 1.82) is 0 Å². The molecule has 140 valence electrons. The zero-order valence-electron chi connectivity index (χ0n) is 15.1. The Morgan fingerprint density at radius 1 is 1.30 bits per heavy atom. The number of hydrogen-bond acceptors (Lipinski definition) is 4. The lowest BCUT2D eigenvalue weighted by molar-refractivity contribution is 0.0784. The van der Waals surface area contributed by atoms with Crippen LogP contribution in [-0.4, -0.2) is 34.5 Å². The maximum Gasteiger partial charge on any atom is 0.261 e. The molecule has 8 heteroatoms. The second-order valence-electron chi connectivity index (χ2n) is 6.17. The van der Waals surface area contributed by atoms with E-state index in [1.807, 2.05) is 0 Å². The van der Waals surface area contributed by atoms with Gasteiger partial charge in [-0.1, -0.05) is 11.6 Å². The van der Waals surface area contributed by atoms with Crippen LogP contribution < -0.4 is 10.3 Å². The Hall–Kier alpha value is -2.64. The molecule has 1 amide bonds. The van der Waals surface area contributed by atoms with Gasteiger partial charge in [-0.3, -0.25) is 14.2 Å². The molecule has 0 aliphatic carbocycles. The van der Waals surface area contributed by atoms with Gasteiger partial charge in [-0.25, -0.2) is 0 Å². The molecule has 1 N–H and O–H groups in total. The Labute approximate surface area is 166 Å². The summed E-state index contributed by atoms with van der Waals surface area (Å²) in [5, 5.41) is 1.04. The summed E-state index contributed by atoms with van der Waals surface area (Å²) in [6.07, 6.45) is 0. The van der Waals surface area contributed by atoms with Crippen LogP contribution in [0.1, 0.15) is 15.9 Å². The Kier molecular flexibility index (Phi) is 5.34. The van der Waals surface area contributed by atoms with Crippen molar-refractivity contribution in [1.82, 2.24) is 14.5 Å². The first kappa shape index (κ1) is 19.1. The molecule has 6 nitrogen and oxygen atoms in total. The first-order valence-electron chi connectivity index (χ1n) is 8.12. The minimum atomic E-state index is -0.204. The summed E-state index contributed by atoms with van der Waals surface area (Å²) < 4.78 is 6.99. The Balaban J connectivity index is 1.94. The topological polar surface area (TPSA) is 67.3 Å². The number of aromatic nitrogens is 2. The molecule has 3 rings (SSSR count). The van der Waals surface area contributed by atoms with Gasteiger partial charge >= 0.3 is 0 Å². The van der Waals surface area contributed by atoms with Crippen LogP contribution in [0.4, 0.5) is 0 Å². The molecule has 1 aromatic heterocycles. The lowest BCUT2D eigenvalue weighted by atomic mass is 10.1. The SMILES string of the molecule is COc1ccc(Cl)cc1CN(C)C(=O)c1ccc2c(=O)n(C)c(=S)[nH]c2c1. The summed E-state index contributed by atoms with van der Waals surface area (Å²) in [5.41, 5.74) is 1.58. The molecule has 3 aromatic rings. The van der Waals surface area contributed by atoms with E-state index in [-0.39, 0.29) is 11.5 Å². The molecule has 0 radical (unpaired) electrons. The summed E-state index contributed by atoms with van der Waals surface area (Å²) in [5.74, 6) is 0.462. The van der Waals surface area contributed by atoms with E-state index in [9.17, 15) is 9.59 Å². The smallest absolute Gasteiger partial charge is 0.261 e. The highest BCUT2D eigenvalue weighted by Gasteiger charge is 2.16. The molecule has 0 spiro atoms. The van der Waals surface area contributed by atoms with Crippen molar-refractivity contribution in [3.8, 4) is 5.75 Å². The molecule has 2 aromatic carbocycles. The Bertz CT molecular complexity index is 1150. The maximum atomic E-state index is 12.8. The quantitative estimate of drug-likeness (QED) is 0.677. The fraction of sp³-hybridized carbons (Fsp3) is 0.211. The molecule has 0 aliphatic heterocycles. The van der Waals surface area contributed by atoms with Crippen molar-refractivity contribution in [2.75, 3.05) is 14.2 Å². The number of nitrogens with one attached hydrogen (secondary N) is 1. The van der Waals surface area contributed by atoms with Gasteiger partial charge in [-0.05, 0) is 48.6 Å². The van der Waals surface area contributed by atoms with E-state index in [1.54, 1.807) is 62.5 Å².